The van der Waals surface area contributed by atoms with Crippen molar-refractivity contribution in [3.63, 3.8) is 0 Å². The number of benzene rings is 2. The third kappa shape index (κ3) is 6.26. The highest BCUT2D eigenvalue weighted by atomic mass is 35.5. The van der Waals surface area contributed by atoms with Gasteiger partial charge in [0.05, 0.1) is 22.0 Å². The second kappa shape index (κ2) is 10.7. The molecule has 3 aromatic rings. The predicted molar refractivity (Wildman–Crippen MR) is 142 cm³/mol. The average Bonchev–Trinajstić information content (AvgIpc) is 2.82. The van der Waals surface area contributed by atoms with Crippen molar-refractivity contribution in [2.75, 3.05) is 27.7 Å². The summed E-state index contributed by atoms with van der Waals surface area (Å²) < 4.78 is 26.0. The van der Waals surface area contributed by atoms with Crippen LogP contribution in [0.25, 0.3) is 11.1 Å². The van der Waals surface area contributed by atoms with Crippen molar-refractivity contribution in [2.24, 2.45) is 0 Å². The highest BCUT2D eigenvalue weighted by molar-refractivity contribution is 7.92. The van der Waals surface area contributed by atoms with Gasteiger partial charge in [-0.1, -0.05) is 53.5 Å². The molecular formula is C24H23Cl2N5O4S. The second-order valence-electron chi connectivity index (χ2n) is 8.23. The van der Waals surface area contributed by atoms with Crippen molar-refractivity contribution >= 4 is 62.4 Å². The van der Waals surface area contributed by atoms with Crippen LogP contribution in [0.15, 0.2) is 60.8 Å². The summed E-state index contributed by atoms with van der Waals surface area (Å²) in [5.74, 6) is -0.0987. The van der Waals surface area contributed by atoms with E-state index in [-0.39, 0.29) is 16.7 Å². The standard InChI is InChI=1S/C24H23Cl2N5O4S/c1-36(34,35)30-20-6-3-2-5-18(20)15-8-10-17(11-9-15)31-12-4-7-21(23(31)32)28-24(33)29-22-19(26)13-16(25)14-27-22/h2-3,5-6,8-11,13-14,21,30H,4,7,12H2,1H3,(H2,27,28,29,33)/t21-/m1/s1. The van der Waals surface area contributed by atoms with Gasteiger partial charge in [0, 0.05) is 24.0 Å². The molecule has 0 radical (unpaired) electrons. The first-order valence-corrected chi connectivity index (χ1v) is 13.6. The molecule has 2 heterocycles. The summed E-state index contributed by atoms with van der Waals surface area (Å²) in [4.78, 5) is 31.2. The summed E-state index contributed by atoms with van der Waals surface area (Å²) in [6.07, 6.45) is 3.64. The first-order chi connectivity index (χ1) is 17.1. The minimum absolute atomic E-state index is 0.139. The molecule has 2 aromatic carbocycles. The molecule has 3 N–H and O–H groups in total. The van der Waals surface area contributed by atoms with Crippen LogP contribution in [0.4, 0.5) is 22.0 Å². The number of amides is 3. The van der Waals surface area contributed by atoms with Gasteiger partial charge in [-0.2, -0.15) is 0 Å². The van der Waals surface area contributed by atoms with Crippen LogP contribution < -0.4 is 20.3 Å². The number of rotatable bonds is 6. The number of carbonyl (C=O) groups excluding carboxylic acids is 2. The zero-order chi connectivity index (χ0) is 25.9. The van der Waals surface area contributed by atoms with Crippen LogP contribution in [-0.4, -0.2) is 44.2 Å². The summed E-state index contributed by atoms with van der Waals surface area (Å²) in [7, 11) is -3.44. The minimum Gasteiger partial charge on any atom is -0.326 e. The first kappa shape index (κ1) is 25.7. The Morgan fingerprint density at radius 1 is 1.11 bits per heavy atom. The van der Waals surface area contributed by atoms with Gasteiger partial charge in [0.15, 0.2) is 5.82 Å². The van der Waals surface area contributed by atoms with Gasteiger partial charge in [0.2, 0.25) is 15.9 Å². The van der Waals surface area contributed by atoms with E-state index in [0.717, 1.165) is 11.8 Å². The van der Waals surface area contributed by atoms with Crippen molar-refractivity contribution in [1.82, 2.24) is 10.3 Å². The Morgan fingerprint density at radius 2 is 1.83 bits per heavy atom. The monoisotopic (exact) mass is 547 g/mol. The number of pyridine rings is 1. The normalized spacial score (nSPS) is 15.9. The number of hydrogen-bond donors (Lipinski definition) is 3. The number of anilines is 3. The number of urea groups is 1. The molecule has 1 fully saturated rings. The Hall–Kier alpha value is -3.34. The molecule has 1 aliphatic rings. The Morgan fingerprint density at radius 3 is 2.53 bits per heavy atom. The zero-order valence-electron chi connectivity index (χ0n) is 19.2. The fourth-order valence-corrected chi connectivity index (χ4v) is 4.92. The van der Waals surface area contributed by atoms with E-state index >= 15 is 0 Å². The summed E-state index contributed by atoms with van der Waals surface area (Å²) in [5, 5.41) is 5.74. The highest BCUT2D eigenvalue weighted by Gasteiger charge is 2.31. The summed E-state index contributed by atoms with van der Waals surface area (Å²) in [6.45, 7) is 0.509. The number of nitrogens with one attached hydrogen (secondary N) is 3. The summed E-state index contributed by atoms with van der Waals surface area (Å²) >= 11 is 11.9. The van der Waals surface area contributed by atoms with E-state index < -0.39 is 22.1 Å². The molecule has 1 aromatic heterocycles. The lowest BCUT2D eigenvalue weighted by Gasteiger charge is -2.32. The van der Waals surface area contributed by atoms with Crippen molar-refractivity contribution in [1.29, 1.82) is 0 Å². The molecule has 4 rings (SSSR count). The Balaban J connectivity index is 1.46. The Bertz CT molecular complexity index is 1400. The van der Waals surface area contributed by atoms with Gasteiger partial charge < -0.3 is 10.2 Å². The molecule has 0 bridgehead atoms. The number of aromatic nitrogens is 1. The number of nitrogens with zero attached hydrogens (tertiary/aromatic N) is 2. The minimum atomic E-state index is -3.44. The van der Waals surface area contributed by atoms with E-state index in [0.29, 0.717) is 41.3 Å². The van der Waals surface area contributed by atoms with Crippen LogP contribution in [-0.2, 0) is 14.8 Å². The van der Waals surface area contributed by atoms with Crippen molar-refractivity contribution in [2.45, 2.75) is 18.9 Å². The van der Waals surface area contributed by atoms with Gasteiger partial charge >= 0.3 is 6.03 Å². The molecule has 1 atom stereocenters. The average molecular weight is 548 g/mol. The lowest BCUT2D eigenvalue weighted by Crippen LogP contribution is -2.53. The van der Waals surface area contributed by atoms with Crippen molar-refractivity contribution in [3.8, 4) is 11.1 Å². The smallest absolute Gasteiger partial charge is 0.321 e. The molecule has 36 heavy (non-hydrogen) atoms. The van der Waals surface area contributed by atoms with E-state index in [9.17, 15) is 18.0 Å². The van der Waals surface area contributed by atoms with Gasteiger partial charge in [0.1, 0.15) is 6.04 Å². The number of halogens is 2. The van der Waals surface area contributed by atoms with Crippen LogP contribution in [0, 0.1) is 0 Å². The largest absolute Gasteiger partial charge is 0.326 e. The summed E-state index contributed by atoms with van der Waals surface area (Å²) in [6, 6.07) is 14.4. The van der Waals surface area contributed by atoms with Crippen molar-refractivity contribution in [3.05, 3.63) is 70.8 Å². The number of para-hydroxylation sites is 1. The molecule has 9 nitrogen and oxygen atoms in total. The van der Waals surface area contributed by atoms with Crippen LogP contribution in [0.2, 0.25) is 10.0 Å². The van der Waals surface area contributed by atoms with E-state index in [1.165, 1.54) is 12.3 Å². The van der Waals surface area contributed by atoms with Gasteiger partial charge in [-0.3, -0.25) is 14.8 Å². The molecule has 0 saturated carbocycles. The molecule has 1 aliphatic heterocycles. The Labute approximate surface area is 218 Å². The van der Waals surface area contributed by atoms with E-state index in [1.807, 2.05) is 24.3 Å². The number of carbonyl (C=O) groups is 2. The lowest BCUT2D eigenvalue weighted by atomic mass is 10.0. The fourth-order valence-electron chi connectivity index (χ4n) is 3.92. The highest BCUT2D eigenvalue weighted by Crippen LogP contribution is 2.31. The predicted octanol–water partition coefficient (Wildman–Crippen LogP) is 4.74. The maximum Gasteiger partial charge on any atom is 0.321 e. The third-order valence-electron chi connectivity index (χ3n) is 5.50. The molecule has 0 unspecified atom stereocenters. The molecule has 0 spiro atoms. The maximum atomic E-state index is 13.1. The maximum absolute atomic E-state index is 13.1. The first-order valence-electron chi connectivity index (χ1n) is 11.0. The lowest BCUT2D eigenvalue weighted by molar-refractivity contribution is -0.121. The molecule has 1 saturated heterocycles. The van der Waals surface area contributed by atoms with Crippen LogP contribution in [0.1, 0.15) is 12.8 Å². The fraction of sp³-hybridized carbons (Fsp3) is 0.208. The Kier molecular flexibility index (Phi) is 7.67. The molecule has 188 valence electrons. The quantitative estimate of drug-likeness (QED) is 0.411. The zero-order valence-corrected chi connectivity index (χ0v) is 21.5. The van der Waals surface area contributed by atoms with Crippen LogP contribution in [0.5, 0.6) is 0 Å². The molecule has 0 aliphatic carbocycles. The van der Waals surface area contributed by atoms with Gasteiger partial charge in [0.25, 0.3) is 0 Å². The number of sulfonamides is 1. The molecule has 3 amide bonds. The topological polar surface area (TPSA) is 120 Å². The van der Waals surface area contributed by atoms with Crippen LogP contribution in [0.3, 0.4) is 0 Å². The molecular weight excluding hydrogens is 525 g/mol. The SMILES string of the molecule is CS(=O)(=O)Nc1ccccc1-c1ccc(N2CCC[C@@H](NC(=O)Nc3ncc(Cl)cc3Cl)C2=O)cc1. The van der Waals surface area contributed by atoms with Crippen molar-refractivity contribution < 1.29 is 18.0 Å². The van der Waals surface area contributed by atoms with E-state index in [4.69, 9.17) is 23.2 Å². The van der Waals surface area contributed by atoms with Crippen LogP contribution >= 0.6 is 23.2 Å². The third-order valence-corrected chi connectivity index (χ3v) is 6.58. The number of hydrogen-bond acceptors (Lipinski definition) is 5. The number of piperidine rings is 1. The van der Waals surface area contributed by atoms with Gasteiger partial charge in [-0.25, -0.2) is 18.2 Å². The summed E-state index contributed by atoms with van der Waals surface area (Å²) in [5.41, 5.74) is 2.64. The van der Waals surface area contributed by atoms with E-state index in [1.54, 1.807) is 29.2 Å². The molecule has 12 heteroatoms. The second-order valence-corrected chi connectivity index (χ2v) is 10.8. The van der Waals surface area contributed by atoms with Gasteiger partial charge in [-0.05, 0) is 42.7 Å². The van der Waals surface area contributed by atoms with E-state index in [2.05, 4.69) is 20.3 Å². The van der Waals surface area contributed by atoms with Gasteiger partial charge in [-0.15, -0.1) is 0 Å².